The number of pyridine rings is 1. The van der Waals surface area contributed by atoms with Crippen LogP contribution in [0.5, 0.6) is 0 Å². The first-order chi connectivity index (χ1) is 10.1. The third kappa shape index (κ3) is 4.45. The third-order valence-corrected chi connectivity index (χ3v) is 3.85. The molecule has 2 heterocycles. The summed E-state index contributed by atoms with van der Waals surface area (Å²) in [6.45, 7) is 1.88. The molecular weight excluding hydrogens is 377 g/mol. The van der Waals surface area contributed by atoms with Crippen molar-refractivity contribution in [1.29, 1.82) is 0 Å². The van der Waals surface area contributed by atoms with E-state index in [1.54, 1.807) is 6.20 Å². The number of fused-ring (bicyclic) bond motifs is 1. The SMILES string of the molecule is C/C(=N\Nc1ccnc2cc(Cl)ccc12)c1csc(N)n1.Cl.Cl. The number of nitrogens with zero attached hydrogens (tertiary/aromatic N) is 3. The van der Waals surface area contributed by atoms with E-state index < -0.39 is 0 Å². The molecule has 0 saturated heterocycles. The molecule has 2 aromatic heterocycles. The van der Waals surface area contributed by atoms with Crippen LogP contribution in [0.4, 0.5) is 10.8 Å². The van der Waals surface area contributed by atoms with Crippen LogP contribution in [0.3, 0.4) is 0 Å². The highest BCUT2D eigenvalue weighted by Crippen LogP contribution is 2.24. The van der Waals surface area contributed by atoms with Crippen LogP contribution in [0.1, 0.15) is 12.6 Å². The van der Waals surface area contributed by atoms with Crippen LogP contribution in [-0.2, 0) is 0 Å². The summed E-state index contributed by atoms with van der Waals surface area (Å²) in [7, 11) is 0. The highest BCUT2D eigenvalue weighted by molar-refractivity contribution is 7.13. The number of nitrogen functional groups attached to an aromatic ring is 1. The normalized spacial score (nSPS) is 10.8. The summed E-state index contributed by atoms with van der Waals surface area (Å²) in [6.07, 6.45) is 1.71. The Labute approximate surface area is 154 Å². The Kier molecular flexibility index (Phi) is 7.02. The topological polar surface area (TPSA) is 76.2 Å². The number of aromatic nitrogens is 2. The van der Waals surface area contributed by atoms with Crippen molar-refractivity contribution < 1.29 is 0 Å². The summed E-state index contributed by atoms with van der Waals surface area (Å²) in [5.74, 6) is 0. The summed E-state index contributed by atoms with van der Waals surface area (Å²) in [4.78, 5) is 8.48. The second-order valence-electron chi connectivity index (χ2n) is 4.40. The molecule has 122 valence electrons. The van der Waals surface area contributed by atoms with Gasteiger partial charge in [0, 0.05) is 22.0 Å². The van der Waals surface area contributed by atoms with Crippen LogP contribution < -0.4 is 11.2 Å². The molecule has 0 unspecified atom stereocenters. The van der Waals surface area contributed by atoms with Gasteiger partial charge in [0.2, 0.25) is 0 Å². The molecule has 3 aromatic rings. The zero-order chi connectivity index (χ0) is 14.8. The van der Waals surface area contributed by atoms with Crippen molar-refractivity contribution in [1.82, 2.24) is 9.97 Å². The van der Waals surface area contributed by atoms with Crippen molar-refractivity contribution in [3.63, 3.8) is 0 Å². The van der Waals surface area contributed by atoms with Gasteiger partial charge in [0.15, 0.2) is 5.13 Å². The smallest absolute Gasteiger partial charge is 0.180 e. The third-order valence-electron chi connectivity index (χ3n) is 2.94. The molecule has 0 radical (unpaired) electrons. The molecule has 0 aliphatic rings. The number of halogens is 3. The summed E-state index contributed by atoms with van der Waals surface area (Å²) in [5, 5.41) is 8.36. The monoisotopic (exact) mass is 389 g/mol. The minimum Gasteiger partial charge on any atom is -0.375 e. The van der Waals surface area contributed by atoms with Crippen molar-refractivity contribution in [3.05, 3.63) is 46.6 Å². The van der Waals surface area contributed by atoms with Crippen LogP contribution in [-0.4, -0.2) is 15.7 Å². The fraction of sp³-hybridized carbons (Fsp3) is 0.0714. The van der Waals surface area contributed by atoms with Gasteiger partial charge < -0.3 is 5.73 Å². The number of hydrazone groups is 1. The van der Waals surface area contributed by atoms with Crippen LogP contribution in [0.2, 0.25) is 5.02 Å². The van der Waals surface area contributed by atoms with E-state index in [4.69, 9.17) is 17.3 Å². The van der Waals surface area contributed by atoms with Crippen molar-refractivity contribution in [2.24, 2.45) is 5.10 Å². The van der Waals surface area contributed by atoms with Crippen molar-refractivity contribution in [3.8, 4) is 0 Å². The van der Waals surface area contributed by atoms with Crippen LogP contribution >= 0.6 is 47.8 Å². The molecule has 0 atom stereocenters. The van der Waals surface area contributed by atoms with Gasteiger partial charge in [0.05, 0.1) is 22.6 Å². The van der Waals surface area contributed by atoms with Crippen molar-refractivity contribution in [2.45, 2.75) is 6.92 Å². The zero-order valence-electron chi connectivity index (χ0n) is 12.0. The average Bonchev–Trinajstić information content (AvgIpc) is 2.91. The first kappa shape index (κ1) is 19.4. The molecule has 0 spiro atoms. The maximum atomic E-state index is 5.97. The lowest BCUT2D eigenvalue weighted by atomic mass is 10.2. The Bertz CT molecular complexity index is 834. The molecule has 3 N–H and O–H groups in total. The first-order valence-electron chi connectivity index (χ1n) is 6.19. The maximum Gasteiger partial charge on any atom is 0.180 e. The lowest BCUT2D eigenvalue weighted by Gasteiger charge is -2.06. The molecule has 0 aliphatic carbocycles. The van der Waals surface area contributed by atoms with Crippen LogP contribution in [0.25, 0.3) is 10.9 Å². The van der Waals surface area contributed by atoms with E-state index in [0.717, 1.165) is 28.0 Å². The van der Waals surface area contributed by atoms with E-state index in [1.807, 2.05) is 36.6 Å². The molecule has 0 fully saturated rings. The fourth-order valence-electron chi connectivity index (χ4n) is 1.87. The van der Waals surface area contributed by atoms with E-state index in [2.05, 4.69) is 20.5 Å². The maximum absolute atomic E-state index is 5.97. The Balaban J connectivity index is 0.00000132. The molecular formula is C14H14Cl3N5S. The van der Waals surface area contributed by atoms with Gasteiger partial charge in [-0.2, -0.15) is 5.10 Å². The second-order valence-corrected chi connectivity index (χ2v) is 5.73. The molecule has 5 nitrogen and oxygen atoms in total. The highest BCUT2D eigenvalue weighted by Gasteiger charge is 2.04. The number of thiazole rings is 1. The molecule has 3 rings (SSSR count). The summed E-state index contributed by atoms with van der Waals surface area (Å²) < 4.78 is 0. The van der Waals surface area contributed by atoms with Gasteiger partial charge in [0.1, 0.15) is 0 Å². The van der Waals surface area contributed by atoms with Gasteiger partial charge >= 0.3 is 0 Å². The van der Waals surface area contributed by atoms with Crippen LogP contribution in [0, 0.1) is 0 Å². The quantitative estimate of drug-likeness (QED) is 0.506. The van der Waals surface area contributed by atoms with Crippen LogP contribution in [0.15, 0.2) is 40.9 Å². The van der Waals surface area contributed by atoms with Gasteiger partial charge in [-0.3, -0.25) is 10.4 Å². The number of hydrogen-bond acceptors (Lipinski definition) is 6. The number of nitrogens with one attached hydrogen (secondary N) is 1. The summed E-state index contributed by atoms with van der Waals surface area (Å²) in [6, 6.07) is 7.43. The molecule has 1 aromatic carbocycles. The van der Waals surface area contributed by atoms with E-state index >= 15 is 0 Å². The molecule has 9 heteroatoms. The van der Waals surface area contributed by atoms with Gasteiger partial charge in [-0.1, -0.05) is 11.6 Å². The van der Waals surface area contributed by atoms with E-state index in [1.165, 1.54) is 11.3 Å². The molecule has 0 bridgehead atoms. The lowest BCUT2D eigenvalue weighted by Crippen LogP contribution is -2.01. The number of benzene rings is 1. The first-order valence-corrected chi connectivity index (χ1v) is 7.45. The average molecular weight is 391 g/mol. The number of anilines is 2. The lowest BCUT2D eigenvalue weighted by molar-refractivity contribution is 1.28. The zero-order valence-corrected chi connectivity index (χ0v) is 15.2. The van der Waals surface area contributed by atoms with Crippen molar-refractivity contribution >= 4 is 75.2 Å². The highest BCUT2D eigenvalue weighted by atomic mass is 35.5. The van der Waals surface area contributed by atoms with Gasteiger partial charge in [-0.05, 0) is 31.2 Å². The number of rotatable bonds is 3. The van der Waals surface area contributed by atoms with Gasteiger partial charge in [0.25, 0.3) is 0 Å². The summed E-state index contributed by atoms with van der Waals surface area (Å²) in [5.41, 5.74) is 11.9. The van der Waals surface area contributed by atoms with Crippen molar-refractivity contribution in [2.75, 3.05) is 11.2 Å². The van der Waals surface area contributed by atoms with E-state index in [9.17, 15) is 0 Å². The molecule has 0 amide bonds. The minimum absolute atomic E-state index is 0. The Morgan fingerprint density at radius 1 is 1.30 bits per heavy atom. The Morgan fingerprint density at radius 3 is 2.78 bits per heavy atom. The van der Waals surface area contributed by atoms with E-state index in [-0.39, 0.29) is 24.8 Å². The fourth-order valence-corrected chi connectivity index (χ4v) is 2.65. The largest absolute Gasteiger partial charge is 0.375 e. The standard InChI is InChI=1S/C14H12ClN5S.2ClH/c1-8(13-7-21-14(16)18-13)19-20-11-4-5-17-12-6-9(15)2-3-10(11)12;;/h2-7H,1H3,(H2,16,18)(H,17,20);2*1H/b19-8+;;. The predicted octanol–water partition coefficient (Wildman–Crippen LogP) is 4.61. The predicted molar refractivity (Wildman–Crippen MR) is 104 cm³/mol. The molecule has 0 saturated carbocycles. The number of nitrogens with two attached hydrogens (primary N) is 1. The Hall–Kier alpha value is -1.60. The molecule has 0 aliphatic heterocycles. The molecule has 23 heavy (non-hydrogen) atoms. The van der Waals surface area contributed by atoms with Gasteiger partial charge in [-0.25, -0.2) is 4.98 Å². The second kappa shape index (κ2) is 8.31. The van der Waals surface area contributed by atoms with Gasteiger partial charge in [-0.15, -0.1) is 36.2 Å². The number of hydrogen-bond donors (Lipinski definition) is 2. The minimum atomic E-state index is 0. The van der Waals surface area contributed by atoms with E-state index in [0.29, 0.717) is 10.2 Å². The Morgan fingerprint density at radius 2 is 2.09 bits per heavy atom. The summed E-state index contributed by atoms with van der Waals surface area (Å²) >= 11 is 7.37.